The van der Waals surface area contributed by atoms with Crippen molar-refractivity contribution in [3.05, 3.63) is 63.8 Å². The molecule has 1 amide bonds. The van der Waals surface area contributed by atoms with E-state index in [4.69, 9.17) is 4.52 Å². The first kappa shape index (κ1) is 18.1. The molecule has 0 spiro atoms. The average Bonchev–Trinajstić information content (AvgIpc) is 3.34. The van der Waals surface area contributed by atoms with Crippen molar-refractivity contribution >= 4 is 5.91 Å². The number of likely N-dealkylation sites (tertiary alicyclic amines) is 1. The number of carbonyl (C=O) groups is 1. The van der Waals surface area contributed by atoms with Gasteiger partial charge in [-0.25, -0.2) is 4.98 Å². The normalized spacial score (nSPS) is 16.5. The highest BCUT2D eigenvalue weighted by atomic mass is 16.5. The van der Waals surface area contributed by atoms with E-state index in [-0.39, 0.29) is 17.4 Å². The van der Waals surface area contributed by atoms with Crippen molar-refractivity contribution in [1.29, 1.82) is 0 Å². The van der Waals surface area contributed by atoms with Gasteiger partial charge in [-0.15, -0.1) is 0 Å². The Morgan fingerprint density at radius 3 is 3.04 bits per heavy atom. The SMILES string of the molecule is CCc1onc(C)c1C(=O)N1CC[C@@H](c2nc(-c3cccnc3)cc(=O)[nH]2)C1. The summed E-state index contributed by atoms with van der Waals surface area (Å²) in [6.45, 7) is 4.80. The highest BCUT2D eigenvalue weighted by Gasteiger charge is 2.32. The van der Waals surface area contributed by atoms with E-state index in [0.717, 1.165) is 12.0 Å². The molecule has 4 rings (SSSR count). The maximum Gasteiger partial charge on any atom is 0.259 e. The van der Waals surface area contributed by atoms with Gasteiger partial charge < -0.3 is 14.4 Å². The van der Waals surface area contributed by atoms with Crippen molar-refractivity contribution < 1.29 is 9.32 Å². The van der Waals surface area contributed by atoms with Gasteiger partial charge in [-0.2, -0.15) is 0 Å². The second-order valence-corrected chi connectivity index (χ2v) is 6.91. The number of nitrogens with one attached hydrogen (secondary N) is 1. The Hall–Kier alpha value is -3.29. The number of rotatable bonds is 4. The van der Waals surface area contributed by atoms with Crippen LogP contribution < -0.4 is 5.56 Å². The molecule has 28 heavy (non-hydrogen) atoms. The van der Waals surface area contributed by atoms with Crippen molar-refractivity contribution in [2.75, 3.05) is 13.1 Å². The standard InChI is InChI=1S/C20H21N5O3/c1-3-16-18(12(2)24-28-16)20(27)25-8-6-14(11-25)19-22-15(9-17(26)23-19)13-5-4-7-21-10-13/h4-5,7,9-10,14H,3,6,8,11H2,1-2H3,(H,22,23,26)/t14-/m1/s1. The second-order valence-electron chi connectivity index (χ2n) is 6.91. The summed E-state index contributed by atoms with van der Waals surface area (Å²) in [5.74, 6) is 1.10. The third-order valence-electron chi connectivity index (χ3n) is 5.05. The van der Waals surface area contributed by atoms with Crippen LogP contribution >= 0.6 is 0 Å². The first-order valence-corrected chi connectivity index (χ1v) is 9.33. The lowest BCUT2D eigenvalue weighted by Gasteiger charge is -2.16. The number of carbonyl (C=O) groups excluding carboxylic acids is 1. The van der Waals surface area contributed by atoms with Gasteiger partial charge in [0.1, 0.15) is 17.1 Å². The Labute approximate surface area is 161 Å². The Morgan fingerprint density at radius 2 is 2.29 bits per heavy atom. The van der Waals surface area contributed by atoms with Crippen LogP contribution in [0.3, 0.4) is 0 Å². The topological polar surface area (TPSA) is 105 Å². The van der Waals surface area contributed by atoms with Crippen molar-refractivity contribution in [1.82, 2.24) is 25.0 Å². The molecule has 0 aliphatic carbocycles. The molecule has 0 saturated carbocycles. The molecule has 1 atom stereocenters. The summed E-state index contributed by atoms with van der Waals surface area (Å²) < 4.78 is 5.25. The van der Waals surface area contributed by atoms with Gasteiger partial charge in [0.05, 0.1) is 11.4 Å². The van der Waals surface area contributed by atoms with Crippen LogP contribution in [0.15, 0.2) is 39.9 Å². The molecule has 1 N–H and O–H groups in total. The van der Waals surface area contributed by atoms with Crippen LogP contribution in [0.2, 0.25) is 0 Å². The fourth-order valence-electron chi connectivity index (χ4n) is 3.59. The van der Waals surface area contributed by atoms with Gasteiger partial charge in [0.25, 0.3) is 11.5 Å². The number of H-pyrrole nitrogens is 1. The maximum atomic E-state index is 13.0. The minimum atomic E-state index is -0.211. The highest BCUT2D eigenvalue weighted by Crippen LogP contribution is 2.28. The van der Waals surface area contributed by atoms with Crippen LogP contribution in [0.1, 0.15) is 46.9 Å². The van der Waals surface area contributed by atoms with E-state index in [9.17, 15) is 9.59 Å². The largest absolute Gasteiger partial charge is 0.360 e. The van der Waals surface area contributed by atoms with E-state index in [1.165, 1.54) is 6.07 Å². The number of hydrogen-bond acceptors (Lipinski definition) is 6. The van der Waals surface area contributed by atoms with Crippen LogP contribution in [-0.4, -0.2) is 44.0 Å². The Balaban J connectivity index is 1.58. The van der Waals surface area contributed by atoms with E-state index in [1.807, 2.05) is 13.0 Å². The number of aromatic nitrogens is 4. The average molecular weight is 379 g/mol. The molecular weight excluding hydrogens is 358 g/mol. The predicted molar refractivity (Wildman–Crippen MR) is 102 cm³/mol. The fourth-order valence-corrected chi connectivity index (χ4v) is 3.59. The van der Waals surface area contributed by atoms with E-state index in [0.29, 0.717) is 48.0 Å². The monoisotopic (exact) mass is 379 g/mol. The van der Waals surface area contributed by atoms with Crippen molar-refractivity contribution in [2.24, 2.45) is 0 Å². The Kier molecular flexibility index (Phi) is 4.77. The Morgan fingerprint density at radius 1 is 1.43 bits per heavy atom. The molecule has 1 aliphatic heterocycles. The zero-order valence-electron chi connectivity index (χ0n) is 15.8. The third kappa shape index (κ3) is 3.33. The van der Waals surface area contributed by atoms with Crippen molar-refractivity contribution in [3.63, 3.8) is 0 Å². The molecule has 0 aromatic carbocycles. The van der Waals surface area contributed by atoms with Gasteiger partial charge >= 0.3 is 0 Å². The minimum Gasteiger partial charge on any atom is -0.360 e. The van der Waals surface area contributed by atoms with Crippen LogP contribution in [-0.2, 0) is 6.42 Å². The molecule has 1 fully saturated rings. The lowest BCUT2D eigenvalue weighted by atomic mass is 10.1. The van der Waals surface area contributed by atoms with Gasteiger partial charge in [-0.3, -0.25) is 14.6 Å². The summed E-state index contributed by atoms with van der Waals surface area (Å²) in [6.07, 6.45) is 4.70. The first-order valence-electron chi connectivity index (χ1n) is 9.33. The Bertz CT molecular complexity index is 1060. The fraction of sp³-hybridized carbons (Fsp3) is 0.350. The summed E-state index contributed by atoms with van der Waals surface area (Å²) in [5.41, 5.74) is 2.31. The number of amides is 1. The van der Waals surface area contributed by atoms with Crippen LogP contribution in [0, 0.1) is 6.92 Å². The van der Waals surface area contributed by atoms with E-state index >= 15 is 0 Å². The minimum absolute atomic E-state index is 0.0292. The third-order valence-corrected chi connectivity index (χ3v) is 5.05. The molecule has 144 valence electrons. The number of hydrogen-bond donors (Lipinski definition) is 1. The van der Waals surface area contributed by atoms with Gasteiger partial charge in [0, 0.05) is 49.5 Å². The molecular formula is C20H21N5O3. The van der Waals surface area contributed by atoms with E-state index in [2.05, 4.69) is 20.1 Å². The molecule has 0 radical (unpaired) electrons. The van der Waals surface area contributed by atoms with Gasteiger partial charge in [-0.1, -0.05) is 12.1 Å². The number of aryl methyl sites for hydroxylation is 2. The smallest absolute Gasteiger partial charge is 0.259 e. The number of pyridine rings is 1. The van der Waals surface area contributed by atoms with Crippen LogP contribution in [0.4, 0.5) is 0 Å². The molecule has 1 aliphatic rings. The summed E-state index contributed by atoms with van der Waals surface area (Å²) in [6, 6.07) is 5.14. The van der Waals surface area contributed by atoms with E-state index < -0.39 is 0 Å². The highest BCUT2D eigenvalue weighted by molar-refractivity contribution is 5.96. The molecule has 0 bridgehead atoms. The summed E-state index contributed by atoms with van der Waals surface area (Å²) >= 11 is 0. The second kappa shape index (κ2) is 7.38. The zero-order chi connectivity index (χ0) is 19.7. The van der Waals surface area contributed by atoms with E-state index in [1.54, 1.807) is 30.3 Å². The summed E-state index contributed by atoms with van der Waals surface area (Å²) in [4.78, 5) is 38.4. The quantitative estimate of drug-likeness (QED) is 0.746. The first-order chi connectivity index (χ1) is 13.6. The van der Waals surface area contributed by atoms with Gasteiger partial charge in [-0.05, 0) is 25.5 Å². The van der Waals surface area contributed by atoms with Crippen molar-refractivity contribution in [3.8, 4) is 11.3 Å². The van der Waals surface area contributed by atoms with Crippen LogP contribution in [0.25, 0.3) is 11.3 Å². The van der Waals surface area contributed by atoms with Gasteiger partial charge in [0.2, 0.25) is 0 Å². The lowest BCUT2D eigenvalue weighted by molar-refractivity contribution is 0.0787. The molecule has 3 aromatic rings. The molecule has 3 aromatic heterocycles. The summed E-state index contributed by atoms with van der Waals surface area (Å²) in [7, 11) is 0. The lowest BCUT2D eigenvalue weighted by Crippen LogP contribution is -2.29. The van der Waals surface area contributed by atoms with Gasteiger partial charge in [0.15, 0.2) is 0 Å². The molecule has 1 saturated heterocycles. The molecule has 4 heterocycles. The molecule has 8 heteroatoms. The zero-order valence-corrected chi connectivity index (χ0v) is 15.8. The molecule has 8 nitrogen and oxygen atoms in total. The molecule has 0 unspecified atom stereocenters. The predicted octanol–water partition coefficient (Wildman–Crippen LogP) is 2.32. The van der Waals surface area contributed by atoms with Crippen molar-refractivity contribution in [2.45, 2.75) is 32.6 Å². The summed E-state index contributed by atoms with van der Waals surface area (Å²) in [5, 5.41) is 3.93. The maximum absolute atomic E-state index is 13.0. The number of aromatic amines is 1. The number of nitrogens with zero attached hydrogens (tertiary/aromatic N) is 4. The van der Waals surface area contributed by atoms with Crippen LogP contribution in [0.5, 0.6) is 0 Å².